The van der Waals surface area contributed by atoms with E-state index in [2.05, 4.69) is 10.6 Å². The molecule has 2 aromatic carbocycles. The molecule has 4 amide bonds. The standard InChI is InChI=1S/C21H21N3O6/c1-21(13-6-7-16-17(10-13)30-9-8-29-16)19(26)24(20(27)23-21)12-18(25)22-14-4-3-5-15(11-14)28-2/h3-7,10-11H,8-9,12H2,1-2H3,(H,22,25)(H,23,27)/t21-/m0/s1. The highest BCUT2D eigenvalue weighted by atomic mass is 16.6. The zero-order valence-electron chi connectivity index (χ0n) is 16.6. The summed E-state index contributed by atoms with van der Waals surface area (Å²) in [5, 5.41) is 5.35. The summed E-state index contributed by atoms with van der Waals surface area (Å²) in [5.74, 6) is 0.647. The van der Waals surface area contributed by atoms with Crippen LogP contribution in [0, 0.1) is 0 Å². The molecule has 2 heterocycles. The van der Waals surface area contributed by atoms with Crippen molar-refractivity contribution < 1.29 is 28.6 Å². The summed E-state index contributed by atoms with van der Waals surface area (Å²) in [6.45, 7) is 2.04. The van der Waals surface area contributed by atoms with Crippen molar-refractivity contribution in [3.05, 3.63) is 48.0 Å². The first-order valence-corrected chi connectivity index (χ1v) is 9.39. The molecule has 2 aromatic rings. The fourth-order valence-electron chi connectivity index (χ4n) is 3.44. The molecule has 0 aromatic heterocycles. The average molecular weight is 411 g/mol. The molecule has 0 spiro atoms. The number of benzene rings is 2. The van der Waals surface area contributed by atoms with Crippen LogP contribution in [0.4, 0.5) is 10.5 Å². The molecule has 1 saturated heterocycles. The van der Waals surface area contributed by atoms with Crippen molar-refractivity contribution in [3.8, 4) is 17.2 Å². The molecule has 0 aliphatic carbocycles. The van der Waals surface area contributed by atoms with E-state index in [-0.39, 0.29) is 0 Å². The maximum absolute atomic E-state index is 13.1. The second-order valence-electron chi connectivity index (χ2n) is 7.09. The predicted octanol–water partition coefficient (Wildman–Crippen LogP) is 1.87. The lowest BCUT2D eigenvalue weighted by Crippen LogP contribution is -2.42. The van der Waals surface area contributed by atoms with Crippen LogP contribution in [0.25, 0.3) is 0 Å². The highest BCUT2D eigenvalue weighted by molar-refractivity contribution is 6.10. The van der Waals surface area contributed by atoms with E-state index in [1.165, 1.54) is 7.11 Å². The lowest BCUT2D eigenvalue weighted by Gasteiger charge is -2.25. The Hall–Kier alpha value is -3.75. The van der Waals surface area contributed by atoms with E-state index in [9.17, 15) is 14.4 Å². The Labute approximate surface area is 172 Å². The summed E-state index contributed by atoms with van der Waals surface area (Å²) < 4.78 is 16.2. The summed E-state index contributed by atoms with van der Waals surface area (Å²) in [5.41, 5.74) is -0.273. The normalized spacial score (nSPS) is 20.0. The van der Waals surface area contributed by atoms with E-state index in [1.54, 1.807) is 49.4 Å². The van der Waals surface area contributed by atoms with Gasteiger partial charge in [0.15, 0.2) is 11.5 Å². The zero-order valence-corrected chi connectivity index (χ0v) is 16.6. The van der Waals surface area contributed by atoms with Gasteiger partial charge in [-0.3, -0.25) is 14.5 Å². The topological polar surface area (TPSA) is 106 Å². The number of fused-ring (bicyclic) bond motifs is 1. The van der Waals surface area contributed by atoms with E-state index in [1.807, 2.05) is 0 Å². The van der Waals surface area contributed by atoms with Gasteiger partial charge < -0.3 is 24.8 Å². The van der Waals surface area contributed by atoms with Gasteiger partial charge in [-0.05, 0) is 36.8 Å². The number of hydrogen-bond donors (Lipinski definition) is 2. The Morgan fingerprint density at radius 3 is 2.70 bits per heavy atom. The molecule has 2 aliphatic rings. The fourth-order valence-corrected chi connectivity index (χ4v) is 3.44. The number of nitrogens with zero attached hydrogens (tertiary/aromatic N) is 1. The molecule has 4 rings (SSSR count). The highest BCUT2D eigenvalue weighted by Crippen LogP contribution is 2.36. The van der Waals surface area contributed by atoms with Gasteiger partial charge in [0.05, 0.1) is 7.11 Å². The molecule has 0 radical (unpaired) electrons. The molecule has 2 N–H and O–H groups in total. The van der Waals surface area contributed by atoms with E-state index < -0.39 is 29.9 Å². The van der Waals surface area contributed by atoms with Crippen molar-refractivity contribution in [2.24, 2.45) is 0 Å². The van der Waals surface area contributed by atoms with Gasteiger partial charge in [0, 0.05) is 11.8 Å². The Bertz CT molecular complexity index is 1020. The van der Waals surface area contributed by atoms with Gasteiger partial charge in [0.1, 0.15) is 31.0 Å². The average Bonchev–Trinajstić information content (AvgIpc) is 2.97. The third-order valence-electron chi connectivity index (χ3n) is 5.05. The summed E-state index contributed by atoms with van der Waals surface area (Å²) in [6, 6.07) is 11.2. The van der Waals surface area contributed by atoms with Crippen LogP contribution in [-0.2, 0) is 15.1 Å². The Morgan fingerprint density at radius 1 is 1.17 bits per heavy atom. The minimum Gasteiger partial charge on any atom is -0.497 e. The van der Waals surface area contributed by atoms with E-state index in [4.69, 9.17) is 14.2 Å². The third-order valence-corrected chi connectivity index (χ3v) is 5.05. The molecular formula is C21H21N3O6. The van der Waals surface area contributed by atoms with Crippen LogP contribution in [0.3, 0.4) is 0 Å². The number of hydrogen-bond acceptors (Lipinski definition) is 6. The maximum atomic E-state index is 13.1. The Kier molecular flexibility index (Phi) is 4.94. The van der Waals surface area contributed by atoms with Crippen LogP contribution in [-0.4, -0.2) is 49.6 Å². The highest BCUT2D eigenvalue weighted by Gasteiger charge is 2.49. The number of imide groups is 1. The van der Waals surface area contributed by atoms with Crippen molar-refractivity contribution in [1.29, 1.82) is 0 Å². The first-order valence-electron chi connectivity index (χ1n) is 9.39. The lowest BCUT2D eigenvalue weighted by atomic mass is 9.91. The van der Waals surface area contributed by atoms with Gasteiger partial charge in [0.25, 0.3) is 5.91 Å². The smallest absolute Gasteiger partial charge is 0.325 e. The second-order valence-corrected chi connectivity index (χ2v) is 7.09. The number of ether oxygens (including phenoxy) is 3. The van der Waals surface area contributed by atoms with Crippen LogP contribution in [0.2, 0.25) is 0 Å². The van der Waals surface area contributed by atoms with Gasteiger partial charge in [-0.2, -0.15) is 0 Å². The predicted molar refractivity (Wildman–Crippen MR) is 107 cm³/mol. The number of nitrogens with one attached hydrogen (secondary N) is 2. The molecule has 156 valence electrons. The van der Waals surface area contributed by atoms with E-state index in [0.717, 1.165) is 4.90 Å². The number of anilines is 1. The van der Waals surface area contributed by atoms with Crippen LogP contribution in [0.5, 0.6) is 17.2 Å². The third kappa shape index (κ3) is 3.49. The molecule has 1 atom stereocenters. The van der Waals surface area contributed by atoms with E-state index >= 15 is 0 Å². The monoisotopic (exact) mass is 411 g/mol. The first kappa shape index (κ1) is 19.6. The Balaban J connectivity index is 1.50. The number of carbonyl (C=O) groups is 3. The van der Waals surface area contributed by atoms with Crippen LogP contribution < -0.4 is 24.8 Å². The zero-order chi connectivity index (χ0) is 21.3. The SMILES string of the molecule is COc1cccc(NC(=O)CN2C(=O)N[C@@](C)(c3ccc4c(c3)OCCO4)C2=O)c1. The summed E-state index contributed by atoms with van der Waals surface area (Å²) >= 11 is 0. The molecule has 2 aliphatic heterocycles. The molecule has 9 nitrogen and oxygen atoms in total. The fraction of sp³-hybridized carbons (Fsp3) is 0.286. The van der Waals surface area contributed by atoms with Crippen molar-refractivity contribution in [3.63, 3.8) is 0 Å². The number of rotatable bonds is 5. The number of amides is 4. The maximum Gasteiger partial charge on any atom is 0.325 e. The minimum atomic E-state index is -1.32. The second kappa shape index (κ2) is 7.58. The molecule has 1 fully saturated rings. The minimum absolute atomic E-state index is 0.407. The Morgan fingerprint density at radius 2 is 1.93 bits per heavy atom. The number of carbonyl (C=O) groups excluding carboxylic acids is 3. The van der Waals surface area contributed by atoms with Crippen molar-refractivity contribution in [2.75, 3.05) is 32.2 Å². The van der Waals surface area contributed by atoms with Gasteiger partial charge >= 0.3 is 6.03 Å². The van der Waals surface area contributed by atoms with Gasteiger partial charge in [-0.15, -0.1) is 0 Å². The summed E-state index contributed by atoms with van der Waals surface area (Å²) in [4.78, 5) is 38.9. The number of urea groups is 1. The summed E-state index contributed by atoms with van der Waals surface area (Å²) in [7, 11) is 1.52. The van der Waals surface area contributed by atoms with Gasteiger partial charge in [0.2, 0.25) is 5.91 Å². The molecule has 0 saturated carbocycles. The van der Waals surface area contributed by atoms with Crippen LogP contribution >= 0.6 is 0 Å². The van der Waals surface area contributed by atoms with Gasteiger partial charge in [-0.25, -0.2) is 4.79 Å². The largest absolute Gasteiger partial charge is 0.497 e. The van der Waals surface area contributed by atoms with Crippen molar-refractivity contribution in [2.45, 2.75) is 12.5 Å². The first-order chi connectivity index (χ1) is 14.4. The van der Waals surface area contributed by atoms with E-state index in [0.29, 0.717) is 41.7 Å². The molecular weight excluding hydrogens is 390 g/mol. The molecule has 0 unspecified atom stereocenters. The van der Waals surface area contributed by atoms with Crippen LogP contribution in [0.1, 0.15) is 12.5 Å². The van der Waals surface area contributed by atoms with Crippen molar-refractivity contribution in [1.82, 2.24) is 10.2 Å². The van der Waals surface area contributed by atoms with Crippen LogP contribution in [0.15, 0.2) is 42.5 Å². The summed E-state index contributed by atoms with van der Waals surface area (Å²) in [6.07, 6.45) is 0. The lowest BCUT2D eigenvalue weighted by molar-refractivity contribution is -0.133. The van der Waals surface area contributed by atoms with Crippen molar-refractivity contribution >= 4 is 23.5 Å². The van der Waals surface area contributed by atoms with Gasteiger partial charge in [-0.1, -0.05) is 12.1 Å². The molecule has 30 heavy (non-hydrogen) atoms. The quantitative estimate of drug-likeness (QED) is 0.728. The molecule has 0 bridgehead atoms. The molecule has 9 heteroatoms. The number of methoxy groups -OCH3 is 1.